The van der Waals surface area contributed by atoms with E-state index in [1.165, 1.54) is 0 Å². The number of aromatic nitrogens is 3. The Morgan fingerprint density at radius 3 is 2.81 bits per heavy atom. The predicted molar refractivity (Wildman–Crippen MR) is 125 cm³/mol. The molecule has 2 aromatic heterocycles. The van der Waals surface area contributed by atoms with Gasteiger partial charge in [-0.1, -0.05) is 54.2 Å². The molecule has 2 aliphatic carbocycles. The highest BCUT2D eigenvalue weighted by atomic mass is 32.2. The van der Waals surface area contributed by atoms with E-state index in [0.29, 0.717) is 23.9 Å². The summed E-state index contributed by atoms with van der Waals surface area (Å²) in [6, 6.07) is 10.4. The van der Waals surface area contributed by atoms with Gasteiger partial charge in [-0.25, -0.2) is 9.97 Å². The van der Waals surface area contributed by atoms with Gasteiger partial charge in [-0.05, 0) is 25.8 Å². The summed E-state index contributed by atoms with van der Waals surface area (Å²) in [5, 5.41) is 11.6. The topological polar surface area (TPSA) is 88.8 Å². The first-order valence-corrected chi connectivity index (χ1v) is 11.4. The molecule has 1 saturated carbocycles. The number of imidazole rings is 1. The van der Waals surface area contributed by atoms with Crippen molar-refractivity contribution >= 4 is 33.7 Å². The molecule has 3 N–H and O–H groups in total. The van der Waals surface area contributed by atoms with Crippen LogP contribution >= 0.6 is 11.8 Å². The average Bonchev–Trinajstić information content (AvgIpc) is 3.34. The van der Waals surface area contributed by atoms with E-state index < -0.39 is 5.60 Å². The number of allylic oxidation sites excluding steroid dienone is 2. The number of nitrogen functional groups attached to an aromatic ring is 1. The Kier molecular flexibility index (Phi) is 4.13. The van der Waals surface area contributed by atoms with E-state index >= 15 is 0 Å². The molecule has 0 amide bonds. The van der Waals surface area contributed by atoms with E-state index in [-0.39, 0.29) is 12.0 Å². The van der Waals surface area contributed by atoms with E-state index in [9.17, 15) is 5.11 Å². The zero-order valence-electron chi connectivity index (χ0n) is 17.1. The van der Waals surface area contributed by atoms with Crippen molar-refractivity contribution in [2.75, 3.05) is 5.73 Å². The fourth-order valence-electron chi connectivity index (χ4n) is 4.80. The van der Waals surface area contributed by atoms with Gasteiger partial charge < -0.3 is 10.8 Å². The summed E-state index contributed by atoms with van der Waals surface area (Å²) in [5.74, 6) is 1.62. The molecular formula is C24H23N5OS. The highest BCUT2D eigenvalue weighted by Crippen LogP contribution is 2.45. The number of thioether (sulfide) groups is 1. The summed E-state index contributed by atoms with van der Waals surface area (Å²) >= 11 is 1.80. The maximum Gasteiger partial charge on any atom is 0.150 e. The van der Waals surface area contributed by atoms with Gasteiger partial charge in [0.25, 0.3) is 0 Å². The minimum absolute atomic E-state index is 0.0720. The summed E-state index contributed by atoms with van der Waals surface area (Å²) in [6.07, 6.45) is 11.6. The molecule has 7 heteroatoms. The fourth-order valence-corrected chi connectivity index (χ4v) is 5.95. The van der Waals surface area contributed by atoms with Crippen LogP contribution in [-0.2, 0) is 0 Å². The van der Waals surface area contributed by atoms with E-state index in [2.05, 4.69) is 35.3 Å². The fraction of sp³-hybridized carbons (Fsp3) is 0.292. The van der Waals surface area contributed by atoms with E-state index in [1.54, 1.807) is 18.0 Å². The zero-order chi connectivity index (χ0) is 21.2. The molecule has 3 aliphatic rings. The summed E-state index contributed by atoms with van der Waals surface area (Å²) in [6.45, 7) is 1.88. The number of aliphatic imine (C=N–C) groups is 1. The molecule has 6 rings (SSSR count). The molecule has 0 spiro atoms. The number of fused-ring (bicyclic) bond motifs is 2. The van der Waals surface area contributed by atoms with Gasteiger partial charge >= 0.3 is 0 Å². The van der Waals surface area contributed by atoms with Crippen molar-refractivity contribution in [3.63, 3.8) is 0 Å². The Bertz CT molecular complexity index is 1270. The molecule has 0 bridgehead atoms. The molecule has 2 unspecified atom stereocenters. The van der Waals surface area contributed by atoms with Gasteiger partial charge in [0.1, 0.15) is 17.2 Å². The molecule has 6 nitrogen and oxygen atoms in total. The highest BCUT2D eigenvalue weighted by Gasteiger charge is 2.42. The second-order valence-corrected chi connectivity index (χ2v) is 9.97. The van der Waals surface area contributed by atoms with Crippen LogP contribution in [0.3, 0.4) is 0 Å². The lowest BCUT2D eigenvalue weighted by molar-refractivity contribution is -0.0335. The van der Waals surface area contributed by atoms with Gasteiger partial charge in [-0.3, -0.25) is 9.39 Å². The molecule has 3 aromatic rings. The molecule has 1 fully saturated rings. The summed E-state index contributed by atoms with van der Waals surface area (Å²) in [5.41, 5.74) is 9.53. The molecule has 0 saturated heterocycles. The van der Waals surface area contributed by atoms with Crippen molar-refractivity contribution in [3.05, 3.63) is 78.0 Å². The van der Waals surface area contributed by atoms with Gasteiger partial charge in [-0.15, -0.1) is 0 Å². The Labute approximate surface area is 184 Å². The lowest BCUT2D eigenvalue weighted by Gasteiger charge is -2.40. The monoisotopic (exact) mass is 429 g/mol. The van der Waals surface area contributed by atoms with Crippen molar-refractivity contribution in [3.8, 4) is 0 Å². The summed E-state index contributed by atoms with van der Waals surface area (Å²) in [4.78, 5) is 14.3. The lowest BCUT2D eigenvalue weighted by Crippen LogP contribution is -2.40. The first-order chi connectivity index (χ1) is 15.0. The van der Waals surface area contributed by atoms with Gasteiger partial charge in [0.15, 0.2) is 0 Å². The maximum atomic E-state index is 10.2. The first kappa shape index (κ1) is 18.8. The van der Waals surface area contributed by atoms with Crippen LogP contribution in [0.1, 0.15) is 42.8 Å². The maximum absolute atomic E-state index is 10.2. The van der Waals surface area contributed by atoms with Crippen molar-refractivity contribution in [1.29, 1.82) is 0 Å². The van der Waals surface area contributed by atoms with Crippen molar-refractivity contribution in [1.82, 2.24) is 14.4 Å². The van der Waals surface area contributed by atoms with Gasteiger partial charge in [0.05, 0.1) is 27.6 Å². The minimum Gasteiger partial charge on any atom is -0.390 e. The number of hydrogen-bond acceptors (Lipinski definition) is 6. The number of hydrogen-bond donors (Lipinski definition) is 2. The lowest BCUT2D eigenvalue weighted by atomic mass is 9.72. The quantitative estimate of drug-likeness (QED) is 0.661. The standard InChI is InChI=1S/C24H23N5OS/c1-24(30)12-16(13-24)22-28-19(20-21(25)26-9-10-29(20)22)15-7-8-18-17(11-15)27-23(31-18)14-5-3-2-4-6-14/h2-11,16-18,30H,12-13H2,1H3,(H2,25,26)/t16-,17?,18?,24+. The largest absolute Gasteiger partial charge is 0.390 e. The van der Waals surface area contributed by atoms with Gasteiger partial charge in [-0.2, -0.15) is 0 Å². The molecule has 0 radical (unpaired) electrons. The first-order valence-electron chi connectivity index (χ1n) is 10.5. The van der Waals surface area contributed by atoms with Crippen LogP contribution in [0, 0.1) is 0 Å². The van der Waals surface area contributed by atoms with Crippen LogP contribution in [0.5, 0.6) is 0 Å². The zero-order valence-corrected chi connectivity index (χ0v) is 18.0. The Hall–Kier alpha value is -2.90. The van der Waals surface area contributed by atoms with Gasteiger partial charge in [0, 0.05) is 29.4 Å². The third kappa shape index (κ3) is 3.11. The molecule has 31 heavy (non-hydrogen) atoms. The predicted octanol–water partition coefficient (Wildman–Crippen LogP) is 3.82. The number of aliphatic hydroxyl groups is 1. The number of rotatable bonds is 3. The molecule has 156 valence electrons. The number of benzene rings is 1. The van der Waals surface area contributed by atoms with E-state index in [4.69, 9.17) is 15.7 Å². The Morgan fingerprint density at radius 2 is 2.03 bits per heavy atom. The second-order valence-electron chi connectivity index (χ2n) is 8.81. The Morgan fingerprint density at radius 1 is 1.23 bits per heavy atom. The van der Waals surface area contributed by atoms with Crippen LogP contribution in [-0.4, -0.2) is 41.4 Å². The molecule has 3 heterocycles. The number of nitrogens with two attached hydrogens (primary N) is 1. The van der Waals surface area contributed by atoms with E-state index in [1.807, 2.05) is 35.7 Å². The molecule has 1 aliphatic heterocycles. The molecular weight excluding hydrogens is 406 g/mol. The molecule has 1 aromatic carbocycles. The van der Waals surface area contributed by atoms with Crippen molar-refractivity contribution in [2.45, 2.75) is 42.6 Å². The van der Waals surface area contributed by atoms with E-state index in [0.717, 1.165) is 33.2 Å². The smallest absolute Gasteiger partial charge is 0.150 e. The highest BCUT2D eigenvalue weighted by molar-refractivity contribution is 8.15. The van der Waals surface area contributed by atoms with Crippen LogP contribution in [0.15, 0.2) is 65.9 Å². The van der Waals surface area contributed by atoms with Gasteiger partial charge in [0.2, 0.25) is 0 Å². The van der Waals surface area contributed by atoms with Crippen LogP contribution in [0.4, 0.5) is 5.82 Å². The second kappa shape index (κ2) is 6.80. The Balaban J connectivity index is 1.40. The average molecular weight is 430 g/mol. The third-order valence-electron chi connectivity index (χ3n) is 6.31. The third-order valence-corrected chi connectivity index (χ3v) is 7.58. The van der Waals surface area contributed by atoms with Crippen LogP contribution < -0.4 is 5.73 Å². The van der Waals surface area contributed by atoms with Crippen LogP contribution in [0.2, 0.25) is 0 Å². The summed E-state index contributed by atoms with van der Waals surface area (Å²) < 4.78 is 2.04. The number of anilines is 1. The minimum atomic E-state index is -0.615. The normalized spacial score (nSPS) is 29.4. The van der Waals surface area contributed by atoms with Crippen molar-refractivity contribution in [2.24, 2.45) is 4.99 Å². The molecule has 2 atom stereocenters. The van der Waals surface area contributed by atoms with Crippen LogP contribution in [0.25, 0.3) is 11.1 Å². The SMILES string of the molecule is C[C@]1(O)C[C@@H](c2nc(C3=CC4N=C(c5ccccc5)SC4C=C3)c3c(N)nccn32)C1. The van der Waals surface area contributed by atoms with Crippen molar-refractivity contribution < 1.29 is 5.11 Å². The summed E-state index contributed by atoms with van der Waals surface area (Å²) in [7, 11) is 0. The number of nitrogens with zero attached hydrogens (tertiary/aromatic N) is 4.